The van der Waals surface area contributed by atoms with E-state index in [-0.39, 0.29) is 17.7 Å². The molecule has 1 aliphatic rings. The molecule has 0 unspecified atom stereocenters. The van der Waals surface area contributed by atoms with Crippen molar-refractivity contribution in [3.63, 3.8) is 0 Å². The largest absolute Gasteiger partial charge is 0.454 e. The van der Waals surface area contributed by atoms with Crippen LogP contribution in [0.2, 0.25) is 0 Å². The van der Waals surface area contributed by atoms with Gasteiger partial charge in [0.05, 0.1) is 13.1 Å². The minimum absolute atomic E-state index is 0.0400. The highest BCUT2D eigenvalue weighted by Gasteiger charge is 2.33. The lowest BCUT2D eigenvalue weighted by Gasteiger charge is -2.23. The van der Waals surface area contributed by atoms with Gasteiger partial charge in [-0.15, -0.1) is 0 Å². The van der Waals surface area contributed by atoms with E-state index in [0.717, 1.165) is 63.2 Å². The van der Waals surface area contributed by atoms with Crippen LogP contribution in [-0.2, 0) is 17.9 Å². The van der Waals surface area contributed by atoms with Crippen LogP contribution in [-0.4, -0.2) is 45.8 Å². The predicted molar refractivity (Wildman–Crippen MR) is 117 cm³/mol. The van der Waals surface area contributed by atoms with Gasteiger partial charge in [0.15, 0.2) is 5.76 Å². The first-order chi connectivity index (χ1) is 14.6. The minimum Gasteiger partial charge on any atom is -0.454 e. The zero-order valence-electron chi connectivity index (χ0n) is 18.6. The maximum Gasteiger partial charge on any atom is 0.289 e. The Kier molecular flexibility index (Phi) is 7.77. The fourth-order valence-electron chi connectivity index (χ4n) is 3.82. The Morgan fingerprint density at radius 1 is 1.00 bits per heavy atom. The second kappa shape index (κ2) is 10.5. The third-order valence-corrected chi connectivity index (χ3v) is 5.48. The monoisotopic (exact) mass is 413 g/mol. The molecule has 0 saturated heterocycles. The molecular formula is C24H35N3O3. The Hall–Kier alpha value is -2.50. The topological polar surface area (TPSA) is 58.7 Å². The van der Waals surface area contributed by atoms with E-state index in [1.165, 1.54) is 0 Å². The molecule has 1 saturated carbocycles. The van der Waals surface area contributed by atoms with E-state index in [1.807, 2.05) is 28.1 Å². The van der Waals surface area contributed by atoms with Gasteiger partial charge in [-0.1, -0.05) is 20.8 Å². The van der Waals surface area contributed by atoms with Crippen molar-refractivity contribution in [3.8, 4) is 0 Å². The molecule has 1 fully saturated rings. The van der Waals surface area contributed by atoms with Gasteiger partial charge in [0.2, 0.25) is 5.91 Å². The number of furan rings is 1. The van der Waals surface area contributed by atoms with Crippen LogP contribution in [0.25, 0.3) is 0 Å². The average molecular weight is 414 g/mol. The zero-order valence-corrected chi connectivity index (χ0v) is 18.6. The fourth-order valence-corrected chi connectivity index (χ4v) is 3.82. The number of carbonyl (C=O) groups is 2. The molecule has 0 N–H and O–H groups in total. The summed E-state index contributed by atoms with van der Waals surface area (Å²) in [6, 6.07) is 7.72. The summed E-state index contributed by atoms with van der Waals surface area (Å²) in [4.78, 5) is 29.2. The molecule has 0 radical (unpaired) electrons. The van der Waals surface area contributed by atoms with E-state index in [1.54, 1.807) is 6.07 Å². The van der Waals surface area contributed by atoms with Crippen molar-refractivity contribution in [2.75, 3.05) is 19.6 Å². The van der Waals surface area contributed by atoms with Crippen molar-refractivity contribution in [3.05, 3.63) is 47.7 Å². The van der Waals surface area contributed by atoms with Crippen LogP contribution < -0.4 is 0 Å². The van der Waals surface area contributed by atoms with E-state index in [2.05, 4.69) is 31.4 Å². The van der Waals surface area contributed by atoms with Gasteiger partial charge < -0.3 is 18.8 Å². The molecule has 2 aromatic heterocycles. The van der Waals surface area contributed by atoms with Gasteiger partial charge in [-0.25, -0.2) is 0 Å². The van der Waals surface area contributed by atoms with Gasteiger partial charge >= 0.3 is 0 Å². The number of nitrogens with zero attached hydrogens (tertiary/aromatic N) is 3. The first kappa shape index (κ1) is 22.2. The Labute approximate surface area is 179 Å². The van der Waals surface area contributed by atoms with Gasteiger partial charge in [-0.05, 0) is 56.4 Å². The van der Waals surface area contributed by atoms with Crippen LogP contribution in [0.5, 0.6) is 0 Å². The summed E-state index contributed by atoms with van der Waals surface area (Å²) >= 11 is 0. The van der Waals surface area contributed by atoms with E-state index in [0.29, 0.717) is 18.8 Å². The standard InChI is InChI=1S/C24H35N3O3/c1-4-13-25(14-5-2)24(29)22-12-11-21(30-22)18-26-16-7-8-20(26)17-27(15-6-3)23(28)19-9-10-19/h7-8,11-12,16,19H,4-6,9-10,13-15,17-18H2,1-3H3. The molecular weight excluding hydrogens is 378 g/mol. The quantitative estimate of drug-likeness (QED) is 0.513. The maximum atomic E-state index is 12.8. The van der Waals surface area contributed by atoms with Gasteiger partial charge in [-0.2, -0.15) is 0 Å². The first-order valence-corrected chi connectivity index (χ1v) is 11.4. The molecule has 0 aromatic carbocycles. The summed E-state index contributed by atoms with van der Waals surface area (Å²) in [7, 11) is 0. The second-order valence-electron chi connectivity index (χ2n) is 8.22. The number of carbonyl (C=O) groups excluding carboxylic acids is 2. The lowest BCUT2D eigenvalue weighted by molar-refractivity contribution is -0.133. The zero-order chi connectivity index (χ0) is 21.5. The van der Waals surface area contributed by atoms with E-state index in [4.69, 9.17) is 4.42 Å². The second-order valence-corrected chi connectivity index (χ2v) is 8.22. The Morgan fingerprint density at radius 3 is 2.30 bits per heavy atom. The molecule has 0 spiro atoms. The van der Waals surface area contributed by atoms with Crippen molar-refractivity contribution < 1.29 is 14.0 Å². The summed E-state index contributed by atoms with van der Waals surface area (Å²) in [5.41, 5.74) is 1.08. The summed E-state index contributed by atoms with van der Waals surface area (Å²) in [6.45, 7) is 9.69. The third-order valence-electron chi connectivity index (χ3n) is 5.48. The lowest BCUT2D eigenvalue weighted by Crippen LogP contribution is -2.33. The van der Waals surface area contributed by atoms with Crippen LogP contribution in [0, 0.1) is 5.92 Å². The molecule has 3 rings (SSSR count). The van der Waals surface area contributed by atoms with Crippen molar-refractivity contribution in [1.29, 1.82) is 0 Å². The molecule has 30 heavy (non-hydrogen) atoms. The van der Waals surface area contributed by atoms with E-state index in [9.17, 15) is 9.59 Å². The highest BCUT2D eigenvalue weighted by molar-refractivity contribution is 5.91. The molecule has 0 atom stereocenters. The van der Waals surface area contributed by atoms with E-state index < -0.39 is 0 Å². The average Bonchev–Trinajstić information content (AvgIpc) is 3.34. The van der Waals surface area contributed by atoms with Crippen molar-refractivity contribution in [2.24, 2.45) is 5.92 Å². The molecule has 1 aliphatic carbocycles. The van der Waals surface area contributed by atoms with Gasteiger partial charge in [0, 0.05) is 37.4 Å². The normalized spacial score (nSPS) is 13.4. The molecule has 6 nitrogen and oxygen atoms in total. The molecule has 2 amide bonds. The summed E-state index contributed by atoms with van der Waals surface area (Å²) < 4.78 is 8.01. The fraction of sp³-hybridized carbons (Fsp3) is 0.583. The van der Waals surface area contributed by atoms with Gasteiger partial charge in [-0.3, -0.25) is 9.59 Å². The highest BCUT2D eigenvalue weighted by atomic mass is 16.4. The third kappa shape index (κ3) is 5.55. The van der Waals surface area contributed by atoms with Crippen LogP contribution >= 0.6 is 0 Å². The van der Waals surface area contributed by atoms with E-state index >= 15 is 0 Å². The van der Waals surface area contributed by atoms with Crippen molar-refractivity contribution >= 4 is 11.8 Å². The van der Waals surface area contributed by atoms with Crippen molar-refractivity contribution in [2.45, 2.75) is 66.0 Å². The number of amides is 2. The SMILES string of the molecule is CCCN(CCC)C(=O)c1ccc(Cn2cccc2CN(CCC)C(=O)C2CC2)o1. The number of aromatic nitrogens is 1. The first-order valence-electron chi connectivity index (χ1n) is 11.4. The highest BCUT2D eigenvalue weighted by Crippen LogP contribution is 2.31. The summed E-state index contributed by atoms with van der Waals surface area (Å²) in [5.74, 6) is 1.62. The van der Waals surface area contributed by atoms with Gasteiger partial charge in [0.1, 0.15) is 5.76 Å². The number of rotatable bonds is 12. The molecule has 2 aromatic rings. The van der Waals surface area contributed by atoms with Crippen molar-refractivity contribution in [1.82, 2.24) is 14.4 Å². The smallest absolute Gasteiger partial charge is 0.289 e. The number of hydrogen-bond donors (Lipinski definition) is 0. The maximum absolute atomic E-state index is 12.8. The Balaban J connectivity index is 1.67. The molecule has 0 aliphatic heterocycles. The van der Waals surface area contributed by atoms with Crippen LogP contribution in [0.4, 0.5) is 0 Å². The van der Waals surface area contributed by atoms with Crippen LogP contribution in [0.1, 0.15) is 74.9 Å². The Morgan fingerprint density at radius 2 is 1.67 bits per heavy atom. The van der Waals surface area contributed by atoms with Crippen LogP contribution in [0.3, 0.4) is 0 Å². The lowest BCUT2D eigenvalue weighted by atomic mass is 10.2. The molecule has 164 valence electrons. The Bertz CT molecular complexity index is 828. The number of hydrogen-bond acceptors (Lipinski definition) is 3. The predicted octanol–water partition coefficient (Wildman–Crippen LogP) is 4.54. The van der Waals surface area contributed by atoms with Gasteiger partial charge in [0.25, 0.3) is 5.91 Å². The molecule has 0 bridgehead atoms. The molecule has 6 heteroatoms. The minimum atomic E-state index is -0.0400. The van der Waals surface area contributed by atoms with Crippen LogP contribution in [0.15, 0.2) is 34.9 Å². The molecule has 2 heterocycles. The summed E-state index contributed by atoms with van der Waals surface area (Å²) in [6.07, 6.45) is 6.87. The summed E-state index contributed by atoms with van der Waals surface area (Å²) in [5, 5.41) is 0.